The van der Waals surface area contributed by atoms with Crippen LogP contribution in [0.15, 0.2) is 22.7 Å². The van der Waals surface area contributed by atoms with Crippen molar-refractivity contribution in [2.75, 3.05) is 25.6 Å². The van der Waals surface area contributed by atoms with Gasteiger partial charge in [0.25, 0.3) is 0 Å². The van der Waals surface area contributed by atoms with Gasteiger partial charge in [0.05, 0.1) is 18.9 Å². The van der Waals surface area contributed by atoms with Crippen molar-refractivity contribution < 1.29 is 4.74 Å². The zero-order valence-corrected chi connectivity index (χ0v) is 11.1. The molecular formula is C12H15BrN2O. The number of nitrogens with zero attached hydrogens (tertiary/aromatic N) is 2. The fraction of sp³-hybridized carbons (Fsp3) is 0.417. The van der Waals surface area contributed by atoms with Crippen LogP contribution in [0.1, 0.15) is 12.8 Å². The van der Waals surface area contributed by atoms with Gasteiger partial charge in [-0.05, 0) is 24.6 Å². The SMILES string of the molecule is COc1ccc(Br)cc1N(C)CCCC#N. The van der Waals surface area contributed by atoms with Gasteiger partial charge in [-0.1, -0.05) is 15.9 Å². The highest BCUT2D eigenvalue weighted by Gasteiger charge is 2.08. The fourth-order valence-electron chi connectivity index (χ4n) is 1.48. The number of ether oxygens (including phenoxy) is 1. The predicted octanol–water partition coefficient (Wildman–Crippen LogP) is 3.20. The van der Waals surface area contributed by atoms with E-state index in [0.717, 1.165) is 28.9 Å². The van der Waals surface area contributed by atoms with Gasteiger partial charge in [-0.25, -0.2) is 0 Å². The molecule has 1 aromatic rings. The maximum absolute atomic E-state index is 8.49. The van der Waals surface area contributed by atoms with E-state index in [9.17, 15) is 0 Å². The van der Waals surface area contributed by atoms with Crippen LogP contribution in [-0.2, 0) is 0 Å². The van der Waals surface area contributed by atoms with Gasteiger partial charge in [0.2, 0.25) is 0 Å². The van der Waals surface area contributed by atoms with Crippen molar-refractivity contribution in [3.05, 3.63) is 22.7 Å². The number of rotatable bonds is 5. The molecule has 0 bridgehead atoms. The van der Waals surface area contributed by atoms with E-state index >= 15 is 0 Å². The minimum atomic E-state index is 0.584. The van der Waals surface area contributed by atoms with Crippen LogP contribution in [0, 0.1) is 11.3 Å². The highest BCUT2D eigenvalue weighted by atomic mass is 79.9. The molecule has 0 aliphatic carbocycles. The second-order valence-electron chi connectivity index (χ2n) is 3.50. The van der Waals surface area contributed by atoms with Crippen LogP contribution in [0.5, 0.6) is 5.75 Å². The van der Waals surface area contributed by atoms with Gasteiger partial charge in [-0.15, -0.1) is 0 Å². The van der Waals surface area contributed by atoms with Gasteiger partial charge in [-0.3, -0.25) is 0 Å². The van der Waals surface area contributed by atoms with E-state index in [4.69, 9.17) is 10.00 Å². The lowest BCUT2D eigenvalue weighted by Crippen LogP contribution is -2.19. The van der Waals surface area contributed by atoms with Crippen LogP contribution in [0.25, 0.3) is 0 Å². The molecule has 0 saturated carbocycles. The first-order valence-electron chi connectivity index (χ1n) is 5.10. The largest absolute Gasteiger partial charge is 0.495 e. The molecule has 4 heteroatoms. The maximum atomic E-state index is 8.49. The summed E-state index contributed by atoms with van der Waals surface area (Å²) in [6.07, 6.45) is 1.45. The number of unbranched alkanes of at least 4 members (excludes halogenated alkanes) is 1. The Bertz CT molecular complexity index is 387. The molecule has 0 saturated heterocycles. The average molecular weight is 283 g/mol. The summed E-state index contributed by atoms with van der Waals surface area (Å²) in [5.74, 6) is 0.850. The zero-order valence-electron chi connectivity index (χ0n) is 9.53. The van der Waals surface area contributed by atoms with Crippen molar-refractivity contribution in [1.29, 1.82) is 5.26 Å². The first-order valence-corrected chi connectivity index (χ1v) is 5.90. The molecule has 16 heavy (non-hydrogen) atoms. The van der Waals surface area contributed by atoms with Gasteiger partial charge in [0.1, 0.15) is 5.75 Å². The number of hydrogen-bond acceptors (Lipinski definition) is 3. The number of nitriles is 1. The number of methoxy groups -OCH3 is 1. The Morgan fingerprint density at radius 1 is 1.50 bits per heavy atom. The molecule has 0 aliphatic heterocycles. The summed E-state index contributed by atoms with van der Waals surface area (Å²) in [5, 5.41) is 8.49. The summed E-state index contributed by atoms with van der Waals surface area (Å²) in [4.78, 5) is 2.10. The van der Waals surface area contributed by atoms with E-state index in [1.165, 1.54) is 0 Å². The maximum Gasteiger partial charge on any atom is 0.142 e. The summed E-state index contributed by atoms with van der Waals surface area (Å²) in [6, 6.07) is 8.05. The Morgan fingerprint density at radius 3 is 2.88 bits per heavy atom. The van der Waals surface area contributed by atoms with Gasteiger partial charge >= 0.3 is 0 Å². The Morgan fingerprint density at radius 2 is 2.25 bits per heavy atom. The van der Waals surface area contributed by atoms with Crippen LogP contribution in [0.2, 0.25) is 0 Å². The Kier molecular flexibility index (Phi) is 5.13. The molecule has 3 nitrogen and oxygen atoms in total. The lowest BCUT2D eigenvalue weighted by Gasteiger charge is -2.21. The smallest absolute Gasteiger partial charge is 0.142 e. The number of benzene rings is 1. The van der Waals surface area contributed by atoms with Crippen molar-refractivity contribution in [2.45, 2.75) is 12.8 Å². The number of hydrogen-bond donors (Lipinski definition) is 0. The van der Waals surface area contributed by atoms with E-state index in [1.54, 1.807) is 7.11 Å². The second-order valence-corrected chi connectivity index (χ2v) is 4.42. The van der Waals surface area contributed by atoms with Gasteiger partial charge in [0, 0.05) is 24.5 Å². The van der Waals surface area contributed by atoms with Crippen molar-refractivity contribution in [3.8, 4) is 11.8 Å². The monoisotopic (exact) mass is 282 g/mol. The second kappa shape index (κ2) is 6.39. The molecule has 0 aromatic heterocycles. The molecule has 0 fully saturated rings. The third-order valence-corrected chi connectivity index (χ3v) is 2.83. The quantitative estimate of drug-likeness (QED) is 0.779. The van der Waals surface area contributed by atoms with Crippen molar-refractivity contribution in [1.82, 2.24) is 0 Å². The van der Waals surface area contributed by atoms with Crippen LogP contribution >= 0.6 is 15.9 Å². The first-order chi connectivity index (χ1) is 7.69. The summed E-state index contributed by atoms with van der Waals surface area (Å²) in [6.45, 7) is 0.848. The molecule has 0 spiro atoms. The summed E-state index contributed by atoms with van der Waals surface area (Å²) in [5.41, 5.74) is 1.04. The minimum Gasteiger partial charge on any atom is -0.495 e. The molecule has 0 unspecified atom stereocenters. The summed E-state index contributed by atoms with van der Waals surface area (Å²) in [7, 11) is 3.66. The van der Waals surface area contributed by atoms with Crippen LogP contribution < -0.4 is 9.64 Å². The highest BCUT2D eigenvalue weighted by Crippen LogP contribution is 2.30. The molecule has 1 rings (SSSR count). The van der Waals surface area contributed by atoms with Crippen molar-refractivity contribution in [2.24, 2.45) is 0 Å². The minimum absolute atomic E-state index is 0.584. The third kappa shape index (κ3) is 3.42. The van der Waals surface area contributed by atoms with Gasteiger partial charge in [-0.2, -0.15) is 5.26 Å². The lowest BCUT2D eigenvalue weighted by molar-refractivity contribution is 0.414. The van der Waals surface area contributed by atoms with E-state index in [-0.39, 0.29) is 0 Å². The molecule has 0 aliphatic rings. The zero-order chi connectivity index (χ0) is 12.0. The van der Waals surface area contributed by atoms with E-state index in [2.05, 4.69) is 26.9 Å². The Balaban J connectivity index is 2.77. The Labute approximate surface area is 105 Å². The third-order valence-electron chi connectivity index (χ3n) is 2.33. The number of halogens is 1. The van der Waals surface area contributed by atoms with Crippen LogP contribution in [0.4, 0.5) is 5.69 Å². The van der Waals surface area contributed by atoms with Gasteiger partial charge in [0.15, 0.2) is 0 Å². The first kappa shape index (κ1) is 12.9. The molecule has 0 N–H and O–H groups in total. The number of anilines is 1. The van der Waals surface area contributed by atoms with E-state index < -0.39 is 0 Å². The standard InChI is InChI=1S/C12H15BrN2O/c1-15(8-4-3-7-14)11-9-10(13)5-6-12(11)16-2/h5-6,9H,3-4,8H2,1-2H3. The lowest BCUT2D eigenvalue weighted by atomic mass is 10.2. The summed E-state index contributed by atoms with van der Waals surface area (Å²) < 4.78 is 6.32. The average Bonchev–Trinajstić information content (AvgIpc) is 2.29. The van der Waals surface area contributed by atoms with Crippen LogP contribution in [0.3, 0.4) is 0 Å². The van der Waals surface area contributed by atoms with Gasteiger partial charge < -0.3 is 9.64 Å². The molecular weight excluding hydrogens is 268 g/mol. The predicted molar refractivity (Wildman–Crippen MR) is 68.8 cm³/mol. The van der Waals surface area contributed by atoms with Crippen LogP contribution in [-0.4, -0.2) is 20.7 Å². The molecule has 0 radical (unpaired) electrons. The Hall–Kier alpha value is -1.21. The van der Waals surface area contributed by atoms with E-state index in [0.29, 0.717) is 6.42 Å². The molecule has 0 heterocycles. The van der Waals surface area contributed by atoms with Crippen molar-refractivity contribution >= 4 is 21.6 Å². The molecule has 86 valence electrons. The summed E-state index contributed by atoms with van der Waals surface area (Å²) >= 11 is 3.44. The molecule has 0 atom stereocenters. The topological polar surface area (TPSA) is 36.3 Å². The van der Waals surface area contributed by atoms with E-state index in [1.807, 2.05) is 25.2 Å². The molecule has 1 aromatic carbocycles. The molecule has 0 amide bonds. The van der Waals surface area contributed by atoms with Crippen molar-refractivity contribution in [3.63, 3.8) is 0 Å². The normalized spacial score (nSPS) is 9.62. The fourth-order valence-corrected chi connectivity index (χ4v) is 1.83. The highest BCUT2D eigenvalue weighted by molar-refractivity contribution is 9.10.